The fraction of sp³-hybridized carbons (Fsp3) is 0.211. The van der Waals surface area contributed by atoms with Crippen LogP contribution in [0.1, 0.15) is 22.3 Å². The van der Waals surface area contributed by atoms with Gasteiger partial charge >= 0.3 is 24.3 Å². The van der Waals surface area contributed by atoms with E-state index in [9.17, 15) is 31.1 Å². The SMILES string of the molecule is Nc1cccc(CCC(=O)c2cccc(N)c2)c1.O=C(O)C(F)(F)F.O=C(O)C(F)(F)F. The molecule has 32 heavy (non-hydrogen) atoms. The Kier molecular flexibility index (Phi) is 10.7. The third-order valence-corrected chi connectivity index (χ3v) is 3.29. The molecule has 0 unspecified atom stereocenters. The van der Waals surface area contributed by atoms with E-state index in [1.165, 1.54) is 0 Å². The monoisotopic (exact) mass is 468 g/mol. The quantitative estimate of drug-likeness (QED) is 0.302. The summed E-state index contributed by atoms with van der Waals surface area (Å²) in [6.45, 7) is 0. The number of hydrogen-bond donors (Lipinski definition) is 4. The summed E-state index contributed by atoms with van der Waals surface area (Å²) in [4.78, 5) is 29.8. The van der Waals surface area contributed by atoms with Gasteiger partial charge in [-0.3, -0.25) is 4.79 Å². The first-order valence-corrected chi connectivity index (χ1v) is 8.37. The molecular weight excluding hydrogens is 450 g/mol. The maximum Gasteiger partial charge on any atom is 0.490 e. The van der Waals surface area contributed by atoms with E-state index >= 15 is 0 Å². The zero-order valence-corrected chi connectivity index (χ0v) is 16.1. The zero-order valence-electron chi connectivity index (χ0n) is 16.1. The van der Waals surface area contributed by atoms with Gasteiger partial charge in [-0.1, -0.05) is 24.3 Å². The number of nitrogen functional groups attached to an aromatic ring is 2. The molecule has 2 rings (SSSR count). The zero-order chi connectivity index (χ0) is 25.1. The average Bonchev–Trinajstić information content (AvgIpc) is 2.65. The lowest BCUT2D eigenvalue weighted by Crippen LogP contribution is -2.21. The first-order chi connectivity index (χ1) is 14.5. The Morgan fingerprint density at radius 1 is 0.750 bits per heavy atom. The number of alkyl halides is 6. The number of carboxylic acid groups (broad SMARTS) is 2. The number of benzene rings is 2. The largest absolute Gasteiger partial charge is 0.490 e. The van der Waals surface area contributed by atoms with Crippen LogP contribution in [0.25, 0.3) is 0 Å². The van der Waals surface area contributed by atoms with Crippen molar-refractivity contribution in [3.63, 3.8) is 0 Å². The van der Waals surface area contributed by atoms with Crippen LogP contribution in [0.5, 0.6) is 0 Å². The van der Waals surface area contributed by atoms with Gasteiger partial charge in [0.25, 0.3) is 0 Å². The van der Waals surface area contributed by atoms with Crippen LogP contribution in [0, 0.1) is 0 Å². The van der Waals surface area contributed by atoms with E-state index in [-0.39, 0.29) is 5.78 Å². The highest BCUT2D eigenvalue weighted by Gasteiger charge is 2.38. The second-order valence-electron chi connectivity index (χ2n) is 5.90. The third-order valence-electron chi connectivity index (χ3n) is 3.29. The number of hydrogen-bond acceptors (Lipinski definition) is 5. The fourth-order valence-electron chi connectivity index (χ4n) is 1.86. The number of aliphatic carboxylic acids is 2. The van der Waals surface area contributed by atoms with Gasteiger partial charge in [-0.05, 0) is 36.2 Å². The van der Waals surface area contributed by atoms with Crippen LogP contribution in [0.4, 0.5) is 37.7 Å². The van der Waals surface area contributed by atoms with Gasteiger partial charge in [-0.25, -0.2) is 9.59 Å². The Morgan fingerprint density at radius 3 is 1.53 bits per heavy atom. The maximum atomic E-state index is 12.0. The highest BCUT2D eigenvalue weighted by Crippen LogP contribution is 2.14. The Hall–Kier alpha value is -3.77. The topological polar surface area (TPSA) is 144 Å². The molecule has 0 fully saturated rings. The summed E-state index contributed by atoms with van der Waals surface area (Å²) in [5.41, 5.74) is 14.4. The van der Waals surface area contributed by atoms with Crippen LogP contribution in [0.2, 0.25) is 0 Å². The van der Waals surface area contributed by atoms with Crippen molar-refractivity contribution in [2.75, 3.05) is 11.5 Å². The van der Waals surface area contributed by atoms with Crippen LogP contribution in [-0.4, -0.2) is 40.3 Å². The molecule has 0 heterocycles. The minimum absolute atomic E-state index is 0.102. The molecule has 0 bridgehead atoms. The van der Waals surface area contributed by atoms with Crippen LogP contribution < -0.4 is 11.5 Å². The molecule has 6 N–H and O–H groups in total. The van der Waals surface area contributed by atoms with Gasteiger partial charge in [0.1, 0.15) is 0 Å². The molecule has 0 radical (unpaired) electrons. The number of aryl methyl sites for hydroxylation is 1. The van der Waals surface area contributed by atoms with Gasteiger partial charge in [-0.15, -0.1) is 0 Å². The van der Waals surface area contributed by atoms with Gasteiger partial charge in [-0.2, -0.15) is 26.3 Å². The number of carbonyl (C=O) groups excluding carboxylic acids is 1. The van der Waals surface area contributed by atoms with Crippen LogP contribution in [0.15, 0.2) is 48.5 Å². The molecule has 0 aliphatic rings. The van der Waals surface area contributed by atoms with Crippen molar-refractivity contribution in [2.24, 2.45) is 0 Å². The first-order valence-electron chi connectivity index (χ1n) is 8.37. The Bertz CT molecular complexity index is 905. The normalized spacial score (nSPS) is 10.7. The summed E-state index contributed by atoms with van der Waals surface area (Å²) in [5, 5.41) is 14.2. The van der Waals surface area contributed by atoms with Crippen molar-refractivity contribution in [3.05, 3.63) is 59.7 Å². The van der Waals surface area contributed by atoms with Crippen molar-refractivity contribution in [2.45, 2.75) is 25.2 Å². The number of ketones is 1. The number of nitrogens with two attached hydrogens (primary N) is 2. The molecule has 2 aromatic rings. The lowest BCUT2D eigenvalue weighted by atomic mass is 10.0. The number of rotatable bonds is 4. The van der Waals surface area contributed by atoms with Crippen LogP contribution in [-0.2, 0) is 16.0 Å². The number of halogens is 6. The molecule has 0 atom stereocenters. The van der Waals surface area contributed by atoms with E-state index < -0.39 is 24.3 Å². The van der Waals surface area contributed by atoms with E-state index in [0.29, 0.717) is 24.1 Å². The number of anilines is 2. The van der Waals surface area contributed by atoms with E-state index in [1.54, 1.807) is 24.3 Å². The standard InChI is InChI=1S/C15H16N2O.2C2HF3O2/c16-13-5-1-3-11(9-13)7-8-15(18)12-4-2-6-14(17)10-12;2*3-2(4,5)1(6)7/h1-6,9-10H,7-8,16-17H2;2*(H,6,7). The number of Topliss-reactive ketones (excluding diaryl/α,β-unsaturated/α-hetero) is 1. The molecule has 0 amide bonds. The second kappa shape index (κ2) is 12.2. The van der Waals surface area contributed by atoms with Crippen LogP contribution in [0.3, 0.4) is 0 Å². The summed E-state index contributed by atoms with van der Waals surface area (Å²) in [5.74, 6) is -5.41. The molecular formula is C19H18F6N2O5. The summed E-state index contributed by atoms with van der Waals surface area (Å²) >= 11 is 0. The Labute approximate surface area is 177 Å². The smallest absolute Gasteiger partial charge is 0.475 e. The molecule has 0 aromatic heterocycles. The molecule has 0 spiro atoms. The molecule has 2 aromatic carbocycles. The van der Waals surface area contributed by atoms with Gasteiger partial charge in [0.15, 0.2) is 5.78 Å². The maximum absolute atomic E-state index is 12.0. The fourth-order valence-corrected chi connectivity index (χ4v) is 1.86. The Balaban J connectivity index is 0.000000570. The summed E-state index contributed by atoms with van der Waals surface area (Å²) < 4.78 is 63.5. The van der Waals surface area contributed by atoms with Gasteiger partial charge in [0, 0.05) is 23.4 Å². The van der Waals surface area contributed by atoms with Crippen molar-refractivity contribution >= 4 is 29.1 Å². The molecule has 0 saturated heterocycles. The molecule has 13 heteroatoms. The van der Waals surface area contributed by atoms with E-state index in [0.717, 1.165) is 11.3 Å². The summed E-state index contributed by atoms with van der Waals surface area (Å²) in [7, 11) is 0. The third kappa shape index (κ3) is 12.0. The van der Waals surface area contributed by atoms with Gasteiger partial charge < -0.3 is 21.7 Å². The Morgan fingerprint density at radius 2 is 1.16 bits per heavy atom. The second-order valence-corrected chi connectivity index (χ2v) is 5.90. The first kappa shape index (κ1) is 28.2. The molecule has 0 aliphatic carbocycles. The molecule has 0 aliphatic heterocycles. The lowest BCUT2D eigenvalue weighted by Gasteiger charge is -2.03. The van der Waals surface area contributed by atoms with E-state index in [2.05, 4.69) is 0 Å². The highest BCUT2D eigenvalue weighted by atomic mass is 19.4. The van der Waals surface area contributed by atoms with E-state index in [1.807, 2.05) is 24.3 Å². The lowest BCUT2D eigenvalue weighted by molar-refractivity contribution is -0.193. The summed E-state index contributed by atoms with van der Waals surface area (Å²) in [6, 6.07) is 14.7. The number of carboxylic acids is 2. The average molecular weight is 468 g/mol. The van der Waals surface area contributed by atoms with Crippen molar-refractivity contribution in [1.82, 2.24) is 0 Å². The van der Waals surface area contributed by atoms with Gasteiger partial charge in [0.2, 0.25) is 0 Å². The molecule has 0 saturated carbocycles. The predicted octanol–water partition coefficient (Wildman–Crippen LogP) is 3.93. The van der Waals surface area contributed by atoms with Crippen LogP contribution >= 0.6 is 0 Å². The predicted molar refractivity (Wildman–Crippen MR) is 102 cm³/mol. The minimum atomic E-state index is -5.08. The van der Waals surface area contributed by atoms with E-state index in [4.69, 9.17) is 31.3 Å². The van der Waals surface area contributed by atoms with Gasteiger partial charge in [0.05, 0.1) is 0 Å². The summed E-state index contributed by atoms with van der Waals surface area (Å²) in [6.07, 6.45) is -9.01. The van der Waals surface area contributed by atoms with Crippen molar-refractivity contribution < 1.29 is 50.9 Å². The highest BCUT2D eigenvalue weighted by molar-refractivity contribution is 5.96. The van der Waals surface area contributed by atoms with Crippen molar-refractivity contribution in [3.8, 4) is 0 Å². The molecule has 7 nitrogen and oxygen atoms in total. The van der Waals surface area contributed by atoms with Crippen molar-refractivity contribution in [1.29, 1.82) is 0 Å². The molecule has 176 valence electrons. The number of carbonyl (C=O) groups is 3. The minimum Gasteiger partial charge on any atom is -0.475 e.